The van der Waals surface area contributed by atoms with Crippen LogP contribution in [0.1, 0.15) is 5.82 Å². The summed E-state index contributed by atoms with van der Waals surface area (Å²) in [4.78, 5) is 0. The lowest BCUT2D eigenvalue weighted by molar-refractivity contribution is 0.265. The van der Waals surface area contributed by atoms with E-state index in [1.54, 1.807) is 16.0 Å². The number of aliphatic hydroxyl groups is 1. The van der Waals surface area contributed by atoms with E-state index in [1.165, 1.54) is 0 Å². The SMILES string of the molecule is CN(C)n1cnnc1CO. The second-order valence-corrected chi connectivity index (χ2v) is 2.10. The van der Waals surface area contributed by atoms with Gasteiger partial charge in [0.15, 0.2) is 5.82 Å². The summed E-state index contributed by atoms with van der Waals surface area (Å²) in [6.45, 7) is -0.0851. The predicted octanol–water partition coefficient (Wildman–Crippen LogP) is -1.03. The fraction of sp³-hybridized carbons (Fsp3) is 0.600. The average Bonchev–Trinajstić information content (AvgIpc) is 2.33. The average molecular weight is 142 g/mol. The highest BCUT2D eigenvalue weighted by Gasteiger charge is 2.01. The van der Waals surface area contributed by atoms with E-state index in [-0.39, 0.29) is 6.61 Å². The van der Waals surface area contributed by atoms with E-state index in [2.05, 4.69) is 10.2 Å². The molecule has 0 aliphatic heterocycles. The van der Waals surface area contributed by atoms with Crippen LogP contribution in [0.4, 0.5) is 0 Å². The molecule has 0 amide bonds. The van der Waals surface area contributed by atoms with E-state index >= 15 is 0 Å². The van der Waals surface area contributed by atoms with Crippen molar-refractivity contribution in [3.63, 3.8) is 0 Å². The van der Waals surface area contributed by atoms with Crippen LogP contribution in [0.25, 0.3) is 0 Å². The first-order valence-electron chi connectivity index (χ1n) is 2.93. The molecule has 1 rings (SSSR count). The molecule has 5 heteroatoms. The molecule has 56 valence electrons. The van der Waals surface area contributed by atoms with Crippen molar-refractivity contribution in [1.82, 2.24) is 14.9 Å². The van der Waals surface area contributed by atoms with Crippen molar-refractivity contribution in [2.24, 2.45) is 0 Å². The van der Waals surface area contributed by atoms with Gasteiger partial charge in [0.25, 0.3) is 0 Å². The molecule has 1 aromatic rings. The summed E-state index contributed by atoms with van der Waals surface area (Å²) in [5.74, 6) is 0.546. The van der Waals surface area contributed by atoms with Gasteiger partial charge in [0.2, 0.25) is 0 Å². The zero-order valence-corrected chi connectivity index (χ0v) is 6.02. The maximum atomic E-state index is 8.71. The molecular weight excluding hydrogens is 132 g/mol. The quantitative estimate of drug-likeness (QED) is 0.573. The zero-order chi connectivity index (χ0) is 7.56. The highest BCUT2D eigenvalue weighted by molar-refractivity contribution is 4.88. The highest BCUT2D eigenvalue weighted by Crippen LogP contribution is 1.91. The molecule has 0 spiro atoms. The Hall–Kier alpha value is -1.10. The molecular formula is C5H10N4O. The zero-order valence-electron chi connectivity index (χ0n) is 6.02. The Morgan fingerprint density at radius 1 is 1.70 bits per heavy atom. The molecule has 1 N–H and O–H groups in total. The van der Waals surface area contributed by atoms with Gasteiger partial charge in [-0.05, 0) is 0 Å². The number of hydrogen-bond acceptors (Lipinski definition) is 4. The first kappa shape index (κ1) is 7.01. The van der Waals surface area contributed by atoms with E-state index in [4.69, 9.17) is 5.11 Å². The maximum Gasteiger partial charge on any atom is 0.177 e. The van der Waals surface area contributed by atoms with Gasteiger partial charge in [0.05, 0.1) is 0 Å². The second-order valence-electron chi connectivity index (χ2n) is 2.10. The minimum Gasteiger partial charge on any atom is -0.388 e. The van der Waals surface area contributed by atoms with Crippen LogP contribution >= 0.6 is 0 Å². The molecule has 0 aliphatic carbocycles. The summed E-state index contributed by atoms with van der Waals surface area (Å²) in [5, 5.41) is 17.8. The minimum atomic E-state index is -0.0851. The number of hydrogen-bond donors (Lipinski definition) is 1. The Balaban J connectivity index is 2.90. The fourth-order valence-electron chi connectivity index (χ4n) is 0.692. The van der Waals surface area contributed by atoms with Crippen molar-refractivity contribution in [3.8, 4) is 0 Å². The van der Waals surface area contributed by atoms with Crippen LogP contribution in [-0.2, 0) is 6.61 Å². The fourth-order valence-corrected chi connectivity index (χ4v) is 0.692. The van der Waals surface area contributed by atoms with Gasteiger partial charge >= 0.3 is 0 Å². The number of rotatable bonds is 2. The normalized spacial score (nSPS) is 9.90. The molecule has 0 aliphatic rings. The predicted molar refractivity (Wildman–Crippen MR) is 36.0 cm³/mol. The van der Waals surface area contributed by atoms with E-state index in [0.29, 0.717) is 5.82 Å². The van der Waals surface area contributed by atoms with Gasteiger partial charge in [-0.15, -0.1) is 10.2 Å². The van der Waals surface area contributed by atoms with Crippen molar-refractivity contribution >= 4 is 0 Å². The summed E-state index contributed by atoms with van der Waals surface area (Å²) in [6, 6.07) is 0. The largest absolute Gasteiger partial charge is 0.388 e. The van der Waals surface area contributed by atoms with Crippen LogP contribution in [0.15, 0.2) is 6.33 Å². The Labute approximate surface area is 58.9 Å². The topological polar surface area (TPSA) is 54.2 Å². The van der Waals surface area contributed by atoms with E-state index < -0.39 is 0 Å². The van der Waals surface area contributed by atoms with Crippen LogP contribution in [0.2, 0.25) is 0 Å². The molecule has 5 nitrogen and oxygen atoms in total. The molecule has 0 saturated carbocycles. The van der Waals surface area contributed by atoms with E-state index in [1.807, 2.05) is 14.1 Å². The summed E-state index contributed by atoms with van der Waals surface area (Å²) >= 11 is 0. The van der Waals surface area contributed by atoms with Crippen molar-refractivity contribution < 1.29 is 5.11 Å². The molecule has 0 unspecified atom stereocenters. The van der Waals surface area contributed by atoms with Gasteiger partial charge in [-0.3, -0.25) is 0 Å². The van der Waals surface area contributed by atoms with Crippen molar-refractivity contribution in [2.75, 3.05) is 19.1 Å². The Morgan fingerprint density at radius 3 is 2.80 bits per heavy atom. The molecule has 0 atom stereocenters. The summed E-state index contributed by atoms with van der Waals surface area (Å²) in [7, 11) is 3.70. The minimum absolute atomic E-state index is 0.0851. The molecule has 0 fully saturated rings. The summed E-state index contributed by atoms with van der Waals surface area (Å²) < 4.78 is 1.67. The second kappa shape index (κ2) is 2.66. The highest BCUT2D eigenvalue weighted by atomic mass is 16.3. The first-order valence-corrected chi connectivity index (χ1v) is 2.93. The van der Waals surface area contributed by atoms with Gasteiger partial charge in [0, 0.05) is 14.1 Å². The third kappa shape index (κ3) is 1.08. The van der Waals surface area contributed by atoms with Gasteiger partial charge in [0.1, 0.15) is 12.9 Å². The van der Waals surface area contributed by atoms with E-state index in [0.717, 1.165) is 0 Å². The third-order valence-corrected chi connectivity index (χ3v) is 1.17. The van der Waals surface area contributed by atoms with Gasteiger partial charge in [-0.2, -0.15) is 0 Å². The lowest BCUT2D eigenvalue weighted by Gasteiger charge is -2.13. The number of aromatic nitrogens is 3. The van der Waals surface area contributed by atoms with Crippen LogP contribution in [0.5, 0.6) is 0 Å². The van der Waals surface area contributed by atoms with Gasteiger partial charge in [-0.1, -0.05) is 0 Å². The van der Waals surface area contributed by atoms with Gasteiger partial charge in [-0.25, -0.2) is 4.68 Å². The summed E-state index contributed by atoms with van der Waals surface area (Å²) in [6.07, 6.45) is 1.55. The number of nitrogens with zero attached hydrogens (tertiary/aromatic N) is 4. The molecule has 0 aromatic carbocycles. The van der Waals surface area contributed by atoms with Gasteiger partial charge < -0.3 is 10.1 Å². The standard InChI is InChI=1S/C5H10N4O/c1-8(2)9-4-6-7-5(9)3-10/h4,10H,3H2,1-2H3. The maximum absolute atomic E-state index is 8.71. The first-order chi connectivity index (χ1) is 4.75. The lowest BCUT2D eigenvalue weighted by Crippen LogP contribution is -2.26. The Bertz CT molecular complexity index is 207. The third-order valence-electron chi connectivity index (χ3n) is 1.17. The van der Waals surface area contributed by atoms with Crippen molar-refractivity contribution in [3.05, 3.63) is 12.2 Å². The van der Waals surface area contributed by atoms with Crippen LogP contribution in [0.3, 0.4) is 0 Å². The van der Waals surface area contributed by atoms with Crippen molar-refractivity contribution in [1.29, 1.82) is 0 Å². The van der Waals surface area contributed by atoms with Crippen LogP contribution in [0, 0.1) is 0 Å². The van der Waals surface area contributed by atoms with Crippen LogP contribution < -0.4 is 5.01 Å². The molecule has 0 radical (unpaired) electrons. The molecule has 10 heavy (non-hydrogen) atoms. The lowest BCUT2D eigenvalue weighted by atomic mass is 10.7. The number of aliphatic hydroxyl groups excluding tert-OH is 1. The molecule has 1 aromatic heterocycles. The molecule has 0 saturated heterocycles. The molecule has 0 bridgehead atoms. The smallest absolute Gasteiger partial charge is 0.177 e. The van der Waals surface area contributed by atoms with Crippen molar-refractivity contribution in [2.45, 2.75) is 6.61 Å². The van der Waals surface area contributed by atoms with E-state index in [9.17, 15) is 0 Å². The molecule has 1 heterocycles. The van der Waals surface area contributed by atoms with Crippen LogP contribution in [-0.4, -0.2) is 34.1 Å². The monoisotopic (exact) mass is 142 g/mol. The summed E-state index contributed by atoms with van der Waals surface area (Å²) in [5.41, 5.74) is 0. The Kier molecular flexibility index (Phi) is 1.86. The Morgan fingerprint density at radius 2 is 2.40 bits per heavy atom.